The number of aromatic nitrogens is 3. The minimum atomic E-state index is -0.510. The van der Waals surface area contributed by atoms with Gasteiger partial charge in [-0.05, 0) is 12.1 Å². The van der Waals surface area contributed by atoms with Crippen molar-refractivity contribution in [1.82, 2.24) is 15.0 Å². The number of esters is 1. The number of ether oxygens (including phenoxy) is 1. The minimum absolute atomic E-state index is 0.172. The minimum Gasteiger partial charge on any atom is -0.464 e. The molecular weight excluding hydrogens is 232 g/mol. The molecule has 0 N–H and O–H groups in total. The van der Waals surface area contributed by atoms with E-state index >= 15 is 0 Å². The van der Waals surface area contributed by atoms with Crippen molar-refractivity contribution in [3.63, 3.8) is 0 Å². The molecule has 0 aliphatic rings. The van der Waals surface area contributed by atoms with Gasteiger partial charge in [0, 0.05) is 13.2 Å². The van der Waals surface area contributed by atoms with Gasteiger partial charge in [0.15, 0.2) is 11.5 Å². The second-order valence-electron chi connectivity index (χ2n) is 3.52. The molecule has 0 amide bonds. The van der Waals surface area contributed by atoms with E-state index < -0.39 is 5.97 Å². The zero-order valence-corrected chi connectivity index (χ0v) is 10.1. The Morgan fingerprint density at radius 1 is 1.28 bits per heavy atom. The summed E-state index contributed by atoms with van der Waals surface area (Å²) in [4.78, 5) is 25.3. The number of carbonyl (C=O) groups is 1. The third-order valence-corrected chi connectivity index (χ3v) is 2.39. The lowest BCUT2D eigenvalue weighted by atomic mass is 10.4. The molecule has 0 bridgehead atoms. The van der Waals surface area contributed by atoms with Gasteiger partial charge in [-0.3, -0.25) is 9.97 Å². The number of carbonyl (C=O) groups excluding carboxylic acids is 1. The first kappa shape index (κ1) is 12.0. The maximum absolute atomic E-state index is 11.4. The van der Waals surface area contributed by atoms with E-state index in [1.54, 1.807) is 23.5 Å². The van der Waals surface area contributed by atoms with Gasteiger partial charge < -0.3 is 9.64 Å². The smallest absolute Gasteiger partial charge is 0.358 e. The van der Waals surface area contributed by atoms with Gasteiger partial charge in [0.25, 0.3) is 0 Å². The number of nitrogens with zero attached hydrogens (tertiary/aromatic N) is 4. The van der Waals surface area contributed by atoms with Crippen molar-refractivity contribution in [2.45, 2.75) is 0 Å². The lowest BCUT2D eigenvalue weighted by molar-refractivity contribution is 0.0593. The highest BCUT2D eigenvalue weighted by Gasteiger charge is 2.11. The van der Waals surface area contributed by atoms with Gasteiger partial charge in [0.1, 0.15) is 0 Å². The third kappa shape index (κ3) is 2.42. The SMILES string of the molecule is COC(=O)c1cncc(N(C)c2cccnc2)n1. The standard InChI is InChI=1S/C12H12N4O2/c1-16(9-4-3-5-13-6-9)11-8-14-7-10(15-11)12(17)18-2/h3-8H,1-2H3. The molecular formula is C12H12N4O2. The van der Waals surface area contributed by atoms with E-state index in [4.69, 9.17) is 0 Å². The van der Waals surface area contributed by atoms with Gasteiger partial charge in [-0.2, -0.15) is 0 Å². The summed E-state index contributed by atoms with van der Waals surface area (Å²) >= 11 is 0. The van der Waals surface area contributed by atoms with Gasteiger partial charge in [-0.25, -0.2) is 9.78 Å². The monoisotopic (exact) mass is 244 g/mol. The van der Waals surface area contributed by atoms with E-state index in [0.29, 0.717) is 5.82 Å². The van der Waals surface area contributed by atoms with Crippen LogP contribution in [0.15, 0.2) is 36.9 Å². The highest BCUT2D eigenvalue weighted by Crippen LogP contribution is 2.19. The Bertz CT molecular complexity index is 545. The Kier molecular flexibility index (Phi) is 3.47. The predicted molar refractivity (Wildman–Crippen MR) is 65.7 cm³/mol. The molecule has 0 saturated carbocycles. The van der Waals surface area contributed by atoms with Crippen LogP contribution in [0.1, 0.15) is 10.5 Å². The third-order valence-electron chi connectivity index (χ3n) is 2.39. The van der Waals surface area contributed by atoms with Crippen LogP contribution in [-0.2, 0) is 4.74 Å². The highest BCUT2D eigenvalue weighted by molar-refractivity contribution is 5.87. The van der Waals surface area contributed by atoms with Crippen molar-refractivity contribution in [1.29, 1.82) is 0 Å². The fourth-order valence-electron chi connectivity index (χ4n) is 1.40. The van der Waals surface area contributed by atoms with Gasteiger partial charge >= 0.3 is 5.97 Å². The van der Waals surface area contributed by atoms with Crippen molar-refractivity contribution in [2.24, 2.45) is 0 Å². The molecule has 0 saturated heterocycles. The molecule has 2 aromatic rings. The number of methoxy groups -OCH3 is 1. The van der Waals surface area contributed by atoms with Crippen LogP contribution < -0.4 is 4.90 Å². The molecule has 6 heteroatoms. The molecule has 0 aromatic carbocycles. The van der Waals surface area contributed by atoms with Crippen molar-refractivity contribution in [3.05, 3.63) is 42.6 Å². The van der Waals surface area contributed by atoms with E-state index in [2.05, 4.69) is 19.7 Å². The maximum Gasteiger partial charge on any atom is 0.358 e. The predicted octanol–water partition coefficient (Wildman–Crippen LogP) is 1.43. The van der Waals surface area contributed by atoms with Crippen molar-refractivity contribution >= 4 is 17.5 Å². The van der Waals surface area contributed by atoms with E-state index in [1.807, 2.05) is 19.2 Å². The molecule has 2 rings (SSSR count). The molecule has 6 nitrogen and oxygen atoms in total. The summed E-state index contributed by atoms with van der Waals surface area (Å²) in [6.45, 7) is 0. The Balaban J connectivity index is 2.31. The quantitative estimate of drug-likeness (QED) is 0.761. The molecule has 0 atom stereocenters. The van der Waals surface area contributed by atoms with E-state index in [9.17, 15) is 4.79 Å². The molecule has 0 aliphatic carbocycles. The van der Waals surface area contributed by atoms with Crippen LogP contribution in [0.4, 0.5) is 11.5 Å². The number of rotatable bonds is 3. The van der Waals surface area contributed by atoms with Crippen LogP contribution in [0, 0.1) is 0 Å². The number of hydrogen-bond donors (Lipinski definition) is 0. The van der Waals surface area contributed by atoms with E-state index in [1.165, 1.54) is 13.3 Å². The van der Waals surface area contributed by atoms with Gasteiger partial charge in [0.05, 0.1) is 31.4 Å². The van der Waals surface area contributed by atoms with Crippen LogP contribution in [0.3, 0.4) is 0 Å². The second kappa shape index (κ2) is 5.22. The molecule has 0 unspecified atom stereocenters. The van der Waals surface area contributed by atoms with Crippen LogP contribution in [0.5, 0.6) is 0 Å². The van der Waals surface area contributed by atoms with E-state index in [0.717, 1.165) is 5.69 Å². The molecule has 2 heterocycles. The Morgan fingerprint density at radius 2 is 2.11 bits per heavy atom. The fourth-order valence-corrected chi connectivity index (χ4v) is 1.40. The normalized spacial score (nSPS) is 9.89. The second-order valence-corrected chi connectivity index (χ2v) is 3.52. The van der Waals surface area contributed by atoms with Gasteiger partial charge in [0.2, 0.25) is 0 Å². The first-order valence-corrected chi connectivity index (χ1v) is 5.26. The maximum atomic E-state index is 11.4. The van der Waals surface area contributed by atoms with Crippen LogP contribution in [-0.4, -0.2) is 35.1 Å². The zero-order chi connectivity index (χ0) is 13.0. The number of hydrogen-bond acceptors (Lipinski definition) is 6. The van der Waals surface area contributed by atoms with Crippen LogP contribution in [0.25, 0.3) is 0 Å². The first-order chi connectivity index (χ1) is 8.72. The average molecular weight is 244 g/mol. The zero-order valence-electron chi connectivity index (χ0n) is 10.1. The summed E-state index contributed by atoms with van der Waals surface area (Å²) in [6, 6.07) is 3.71. The Morgan fingerprint density at radius 3 is 2.78 bits per heavy atom. The molecule has 92 valence electrons. The Labute approximate surface area is 104 Å². The molecule has 0 aliphatic heterocycles. The molecule has 18 heavy (non-hydrogen) atoms. The van der Waals surface area contributed by atoms with Crippen molar-refractivity contribution < 1.29 is 9.53 Å². The topological polar surface area (TPSA) is 68.2 Å². The number of anilines is 2. The molecule has 0 spiro atoms. The Hall–Kier alpha value is -2.50. The number of pyridine rings is 1. The van der Waals surface area contributed by atoms with Gasteiger partial charge in [-0.1, -0.05) is 0 Å². The van der Waals surface area contributed by atoms with Crippen molar-refractivity contribution in [2.75, 3.05) is 19.1 Å². The largest absolute Gasteiger partial charge is 0.464 e. The molecule has 0 radical (unpaired) electrons. The highest BCUT2D eigenvalue weighted by atomic mass is 16.5. The summed E-state index contributed by atoms with van der Waals surface area (Å²) in [7, 11) is 3.13. The van der Waals surface area contributed by atoms with Crippen LogP contribution in [0.2, 0.25) is 0 Å². The lowest BCUT2D eigenvalue weighted by Crippen LogP contribution is -2.14. The van der Waals surface area contributed by atoms with Crippen molar-refractivity contribution in [3.8, 4) is 0 Å². The summed E-state index contributed by atoms with van der Waals surface area (Å²) in [5, 5.41) is 0. The summed E-state index contributed by atoms with van der Waals surface area (Å²) in [5.41, 5.74) is 1.03. The summed E-state index contributed by atoms with van der Waals surface area (Å²) < 4.78 is 4.60. The first-order valence-electron chi connectivity index (χ1n) is 5.26. The fraction of sp³-hybridized carbons (Fsp3) is 0.167. The summed E-state index contributed by atoms with van der Waals surface area (Å²) in [5.74, 6) is 0.0369. The summed E-state index contributed by atoms with van der Waals surface area (Å²) in [6.07, 6.45) is 6.33. The lowest BCUT2D eigenvalue weighted by Gasteiger charge is -2.17. The molecule has 0 fully saturated rings. The van der Waals surface area contributed by atoms with Crippen LogP contribution >= 0.6 is 0 Å². The van der Waals surface area contributed by atoms with Gasteiger partial charge in [-0.15, -0.1) is 0 Å². The molecule has 2 aromatic heterocycles. The van der Waals surface area contributed by atoms with E-state index in [-0.39, 0.29) is 5.69 Å². The average Bonchev–Trinajstić information content (AvgIpc) is 2.46.